The van der Waals surface area contributed by atoms with Crippen molar-refractivity contribution in [1.29, 1.82) is 0 Å². The van der Waals surface area contributed by atoms with Crippen molar-refractivity contribution in [2.24, 2.45) is 0 Å². The molecule has 2 heterocycles. The molecule has 27 heavy (non-hydrogen) atoms. The molecule has 2 amide bonds. The molecular formula is C18H19N5O4. The fourth-order valence-corrected chi connectivity index (χ4v) is 2.77. The Morgan fingerprint density at radius 1 is 1.15 bits per heavy atom. The van der Waals surface area contributed by atoms with Gasteiger partial charge in [-0.1, -0.05) is 12.1 Å². The molecule has 2 aromatic rings. The molecule has 1 aliphatic heterocycles. The number of methoxy groups -OCH3 is 1. The van der Waals surface area contributed by atoms with Crippen LogP contribution >= 0.6 is 0 Å². The Labute approximate surface area is 156 Å². The summed E-state index contributed by atoms with van der Waals surface area (Å²) < 4.78 is 4.73. The van der Waals surface area contributed by atoms with Gasteiger partial charge in [0, 0.05) is 32.2 Å². The maximum atomic E-state index is 12.6. The summed E-state index contributed by atoms with van der Waals surface area (Å²) in [6.45, 7) is 2.45. The number of aromatic nitrogens is 2. The van der Waals surface area contributed by atoms with E-state index in [0.29, 0.717) is 37.7 Å². The van der Waals surface area contributed by atoms with E-state index in [1.807, 2.05) is 4.90 Å². The van der Waals surface area contributed by atoms with Gasteiger partial charge in [-0.3, -0.25) is 9.59 Å². The minimum Gasteiger partial charge on any atom is -0.465 e. The first-order chi connectivity index (χ1) is 13.1. The van der Waals surface area contributed by atoms with E-state index in [4.69, 9.17) is 4.74 Å². The van der Waals surface area contributed by atoms with E-state index in [1.54, 1.807) is 35.2 Å². The quantitative estimate of drug-likeness (QED) is 0.614. The molecule has 0 radical (unpaired) electrons. The van der Waals surface area contributed by atoms with Gasteiger partial charge >= 0.3 is 5.97 Å². The molecule has 1 aliphatic rings. The van der Waals surface area contributed by atoms with Crippen molar-refractivity contribution in [2.75, 3.05) is 43.5 Å². The van der Waals surface area contributed by atoms with Gasteiger partial charge in [-0.15, -0.1) is 0 Å². The fourth-order valence-electron chi connectivity index (χ4n) is 2.77. The van der Waals surface area contributed by atoms with Crippen LogP contribution in [-0.2, 0) is 9.53 Å². The van der Waals surface area contributed by atoms with Crippen LogP contribution in [-0.4, -0.2) is 66.4 Å². The number of anilines is 2. The Kier molecular flexibility index (Phi) is 5.60. The largest absolute Gasteiger partial charge is 0.465 e. The topological polar surface area (TPSA) is 105 Å². The van der Waals surface area contributed by atoms with Crippen LogP contribution in [0.2, 0.25) is 0 Å². The summed E-state index contributed by atoms with van der Waals surface area (Å²) in [4.78, 5) is 47.1. The second-order valence-electron chi connectivity index (χ2n) is 5.88. The molecular weight excluding hydrogens is 350 g/mol. The fraction of sp³-hybridized carbons (Fsp3) is 0.278. The van der Waals surface area contributed by atoms with Crippen LogP contribution in [0.25, 0.3) is 0 Å². The van der Waals surface area contributed by atoms with Gasteiger partial charge in [0.05, 0.1) is 18.4 Å². The lowest BCUT2D eigenvalue weighted by atomic mass is 10.1. The number of para-hydroxylation sites is 1. The number of carbonyl (C=O) groups excluding carboxylic acids is 3. The summed E-state index contributed by atoms with van der Waals surface area (Å²) in [5.74, 6) is -0.384. The Bertz CT molecular complexity index is 849. The van der Waals surface area contributed by atoms with E-state index in [0.717, 1.165) is 6.41 Å². The minimum atomic E-state index is -0.540. The van der Waals surface area contributed by atoms with Gasteiger partial charge in [0.25, 0.3) is 5.91 Å². The van der Waals surface area contributed by atoms with Crippen LogP contribution in [0.5, 0.6) is 0 Å². The molecule has 0 atom stereocenters. The molecule has 0 unspecified atom stereocenters. The van der Waals surface area contributed by atoms with Gasteiger partial charge in [-0.25, -0.2) is 14.8 Å². The SMILES string of the molecule is COC(=O)c1ccccc1NC(=O)c1cc(N2CCN(C=O)CC2)ncn1. The number of amides is 2. The minimum absolute atomic E-state index is 0.178. The first-order valence-electron chi connectivity index (χ1n) is 8.37. The maximum Gasteiger partial charge on any atom is 0.339 e. The number of benzene rings is 1. The molecule has 1 aromatic heterocycles. The van der Waals surface area contributed by atoms with E-state index < -0.39 is 11.9 Å². The number of esters is 1. The average Bonchev–Trinajstić information content (AvgIpc) is 2.73. The van der Waals surface area contributed by atoms with Gasteiger partial charge in [0.2, 0.25) is 6.41 Å². The van der Waals surface area contributed by atoms with Gasteiger partial charge in [0.1, 0.15) is 17.8 Å². The lowest BCUT2D eigenvalue weighted by Gasteiger charge is -2.33. The first-order valence-corrected chi connectivity index (χ1v) is 8.37. The number of hydrogen-bond acceptors (Lipinski definition) is 7. The Morgan fingerprint density at radius 3 is 2.59 bits per heavy atom. The second kappa shape index (κ2) is 8.26. The zero-order chi connectivity index (χ0) is 19.2. The average molecular weight is 369 g/mol. The van der Waals surface area contributed by atoms with Crippen molar-refractivity contribution in [1.82, 2.24) is 14.9 Å². The Hall–Kier alpha value is -3.49. The number of piperazine rings is 1. The first kappa shape index (κ1) is 18.3. The van der Waals surface area contributed by atoms with E-state index in [-0.39, 0.29) is 11.3 Å². The van der Waals surface area contributed by atoms with Gasteiger partial charge in [0.15, 0.2) is 0 Å². The van der Waals surface area contributed by atoms with Crippen LogP contribution in [0.3, 0.4) is 0 Å². The highest BCUT2D eigenvalue weighted by molar-refractivity contribution is 6.07. The molecule has 1 aromatic carbocycles. The summed E-state index contributed by atoms with van der Waals surface area (Å²) in [6, 6.07) is 8.17. The van der Waals surface area contributed by atoms with E-state index in [2.05, 4.69) is 15.3 Å². The standard InChI is InChI=1S/C18H19N5O4/c1-27-18(26)13-4-2-3-5-14(13)21-17(25)15-10-16(20-11-19-15)23-8-6-22(12-24)7-9-23/h2-5,10-12H,6-9H2,1H3,(H,21,25). The van der Waals surface area contributed by atoms with E-state index in [9.17, 15) is 14.4 Å². The Morgan fingerprint density at radius 2 is 1.89 bits per heavy atom. The van der Waals surface area contributed by atoms with Crippen molar-refractivity contribution in [3.05, 3.63) is 47.9 Å². The molecule has 1 fully saturated rings. The Balaban J connectivity index is 1.75. The zero-order valence-corrected chi connectivity index (χ0v) is 14.8. The van der Waals surface area contributed by atoms with Crippen molar-refractivity contribution in [2.45, 2.75) is 0 Å². The van der Waals surface area contributed by atoms with Gasteiger partial charge in [-0.2, -0.15) is 0 Å². The van der Waals surface area contributed by atoms with Crippen molar-refractivity contribution in [3.8, 4) is 0 Å². The van der Waals surface area contributed by atoms with Crippen molar-refractivity contribution < 1.29 is 19.1 Å². The summed E-state index contributed by atoms with van der Waals surface area (Å²) in [7, 11) is 1.28. The highest BCUT2D eigenvalue weighted by Gasteiger charge is 2.19. The third kappa shape index (κ3) is 4.20. The number of ether oxygens (including phenoxy) is 1. The van der Waals surface area contributed by atoms with Crippen LogP contribution in [0.4, 0.5) is 11.5 Å². The lowest BCUT2D eigenvalue weighted by molar-refractivity contribution is -0.118. The summed E-state index contributed by atoms with van der Waals surface area (Å²) in [5.41, 5.74) is 0.777. The molecule has 1 N–H and O–H groups in total. The number of nitrogens with one attached hydrogen (secondary N) is 1. The predicted molar refractivity (Wildman–Crippen MR) is 97.6 cm³/mol. The van der Waals surface area contributed by atoms with Crippen molar-refractivity contribution >= 4 is 29.8 Å². The highest BCUT2D eigenvalue weighted by atomic mass is 16.5. The maximum absolute atomic E-state index is 12.6. The van der Waals surface area contributed by atoms with Gasteiger partial charge < -0.3 is 19.9 Å². The second-order valence-corrected chi connectivity index (χ2v) is 5.88. The third-order valence-corrected chi connectivity index (χ3v) is 4.25. The number of nitrogens with zero attached hydrogens (tertiary/aromatic N) is 4. The molecule has 0 bridgehead atoms. The van der Waals surface area contributed by atoms with Crippen LogP contribution < -0.4 is 10.2 Å². The summed E-state index contributed by atoms with van der Waals surface area (Å²) >= 11 is 0. The third-order valence-electron chi connectivity index (χ3n) is 4.25. The lowest BCUT2D eigenvalue weighted by Crippen LogP contribution is -2.46. The van der Waals surface area contributed by atoms with Crippen molar-refractivity contribution in [3.63, 3.8) is 0 Å². The normalized spacial score (nSPS) is 13.8. The molecule has 9 nitrogen and oxygen atoms in total. The number of hydrogen-bond donors (Lipinski definition) is 1. The number of rotatable bonds is 5. The molecule has 1 saturated heterocycles. The molecule has 3 rings (SSSR count). The van der Waals surface area contributed by atoms with E-state index in [1.165, 1.54) is 13.4 Å². The smallest absolute Gasteiger partial charge is 0.339 e. The zero-order valence-electron chi connectivity index (χ0n) is 14.8. The van der Waals surface area contributed by atoms with E-state index >= 15 is 0 Å². The predicted octanol–water partition coefficient (Wildman–Crippen LogP) is 0.794. The monoisotopic (exact) mass is 369 g/mol. The number of carbonyl (C=O) groups is 3. The summed E-state index contributed by atoms with van der Waals surface area (Å²) in [5, 5.41) is 2.69. The molecule has 9 heteroatoms. The van der Waals surface area contributed by atoms with Crippen LogP contribution in [0, 0.1) is 0 Å². The summed E-state index contributed by atoms with van der Waals surface area (Å²) in [6.07, 6.45) is 2.15. The van der Waals surface area contributed by atoms with Gasteiger partial charge in [-0.05, 0) is 12.1 Å². The van der Waals surface area contributed by atoms with Crippen LogP contribution in [0.1, 0.15) is 20.8 Å². The highest BCUT2D eigenvalue weighted by Crippen LogP contribution is 2.18. The molecule has 0 saturated carbocycles. The molecule has 0 spiro atoms. The molecule has 140 valence electrons. The molecule has 0 aliphatic carbocycles. The van der Waals surface area contributed by atoms with Crippen LogP contribution in [0.15, 0.2) is 36.7 Å².